The number of ether oxygens (including phenoxy) is 1. The number of benzene rings is 1. The first-order valence-corrected chi connectivity index (χ1v) is 7.02. The molecule has 2 rings (SSSR count). The minimum absolute atomic E-state index is 0.113. The van der Waals surface area contributed by atoms with Gasteiger partial charge in [0, 0.05) is 29.5 Å². The Hall–Kier alpha value is -1.28. The van der Waals surface area contributed by atoms with Crippen LogP contribution in [0.15, 0.2) is 16.6 Å². The van der Waals surface area contributed by atoms with Crippen molar-refractivity contribution in [1.29, 1.82) is 0 Å². The zero-order valence-corrected chi connectivity index (χ0v) is 12.4. The lowest BCUT2D eigenvalue weighted by Gasteiger charge is -2.17. The first kappa shape index (κ1) is 16.1. The van der Waals surface area contributed by atoms with Gasteiger partial charge in [-0.2, -0.15) is 13.2 Å². The average molecular weight is 368 g/mol. The number of rotatable bonds is 5. The summed E-state index contributed by atoms with van der Waals surface area (Å²) in [5.41, 5.74) is 1.70. The fraction of sp³-hybridized carbons (Fsp3) is 0.462. The van der Waals surface area contributed by atoms with Gasteiger partial charge < -0.3 is 15.2 Å². The van der Waals surface area contributed by atoms with Crippen molar-refractivity contribution >= 4 is 21.9 Å². The summed E-state index contributed by atoms with van der Waals surface area (Å²) in [7, 11) is 0. The number of alkyl halides is 3. The third-order valence-corrected chi connectivity index (χ3v) is 3.64. The van der Waals surface area contributed by atoms with Gasteiger partial charge in [0.05, 0.1) is 6.61 Å². The van der Waals surface area contributed by atoms with Crippen molar-refractivity contribution in [2.75, 3.05) is 13.2 Å². The van der Waals surface area contributed by atoms with E-state index in [1.165, 1.54) is 0 Å². The van der Waals surface area contributed by atoms with E-state index in [1.807, 2.05) is 6.07 Å². The fourth-order valence-corrected chi connectivity index (χ4v) is 2.72. The van der Waals surface area contributed by atoms with Crippen molar-refractivity contribution in [2.24, 2.45) is 5.92 Å². The average Bonchev–Trinajstić information content (AvgIpc) is 2.80. The highest BCUT2D eigenvalue weighted by molar-refractivity contribution is 9.10. The van der Waals surface area contributed by atoms with E-state index in [4.69, 9.17) is 9.84 Å². The van der Waals surface area contributed by atoms with Crippen molar-refractivity contribution in [3.8, 4) is 5.75 Å². The molecule has 0 amide bonds. The second kappa shape index (κ2) is 6.23. The molecular formula is C13H13BrF3NO3. The molecule has 4 nitrogen and oxygen atoms in total. The Morgan fingerprint density at radius 1 is 1.48 bits per heavy atom. The molecule has 0 aliphatic carbocycles. The molecule has 0 radical (unpaired) electrons. The van der Waals surface area contributed by atoms with E-state index < -0.39 is 24.6 Å². The van der Waals surface area contributed by atoms with Gasteiger partial charge in [0.1, 0.15) is 5.75 Å². The summed E-state index contributed by atoms with van der Waals surface area (Å²) in [5.74, 6) is -3.63. The maximum atomic E-state index is 12.5. The van der Waals surface area contributed by atoms with Gasteiger partial charge in [-0.15, -0.1) is 0 Å². The van der Waals surface area contributed by atoms with Gasteiger partial charge in [0.15, 0.2) is 5.92 Å². The minimum Gasteiger partial charge on any atom is -0.493 e. The Labute approximate surface area is 127 Å². The first-order chi connectivity index (χ1) is 9.79. The Balaban J connectivity index is 2.02. The Morgan fingerprint density at radius 2 is 2.19 bits per heavy atom. The van der Waals surface area contributed by atoms with E-state index in [-0.39, 0.29) is 6.54 Å². The van der Waals surface area contributed by atoms with Crippen LogP contribution in [0.2, 0.25) is 0 Å². The molecule has 1 unspecified atom stereocenters. The number of hydrogen-bond acceptors (Lipinski definition) is 3. The highest BCUT2D eigenvalue weighted by atomic mass is 79.9. The van der Waals surface area contributed by atoms with Crippen molar-refractivity contribution < 1.29 is 27.8 Å². The topological polar surface area (TPSA) is 58.6 Å². The SMILES string of the molecule is O=C(O)C(CNCc1cc(Br)cc2c1OCC2)C(F)(F)F. The van der Waals surface area contributed by atoms with Crippen molar-refractivity contribution in [3.63, 3.8) is 0 Å². The van der Waals surface area contributed by atoms with E-state index in [9.17, 15) is 18.0 Å². The molecule has 1 aliphatic heterocycles. The molecule has 1 heterocycles. The molecule has 1 aromatic carbocycles. The number of carbonyl (C=O) groups is 1. The Bertz CT molecular complexity index is 548. The molecule has 21 heavy (non-hydrogen) atoms. The maximum absolute atomic E-state index is 12.5. The van der Waals surface area contributed by atoms with Crippen molar-refractivity contribution in [1.82, 2.24) is 5.32 Å². The lowest BCUT2D eigenvalue weighted by molar-refractivity contribution is -0.192. The summed E-state index contributed by atoms with van der Waals surface area (Å²) in [6, 6.07) is 3.65. The van der Waals surface area contributed by atoms with Gasteiger partial charge in [-0.05, 0) is 17.7 Å². The number of nitrogens with one attached hydrogen (secondary N) is 1. The predicted molar refractivity (Wildman–Crippen MR) is 72.2 cm³/mol. The molecular weight excluding hydrogens is 355 g/mol. The van der Waals surface area contributed by atoms with Crippen molar-refractivity contribution in [2.45, 2.75) is 19.1 Å². The number of halogens is 4. The third-order valence-electron chi connectivity index (χ3n) is 3.18. The van der Waals surface area contributed by atoms with Crippen LogP contribution >= 0.6 is 15.9 Å². The molecule has 0 spiro atoms. The van der Waals surface area contributed by atoms with E-state index in [0.717, 1.165) is 16.5 Å². The quantitative estimate of drug-likeness (QED) is 0.839. The van der Waals surface area contributed by atoms with Gasteiger partial charge in [-0.3, -0.25) is 4.79 Å². The zero-order chi connectivity index (χ0) is 15.6. The predicted octanol–water partition coefficient (Wildman–Crippen LogP) is 2.74. The largest absolute Gasteiger partial charge is 0.493 e. The monoisotopic (exact) mass is 367 g/mol. The van der Waals surface area contributed by atoms with E-state index in [2.05, 4.69) is 21.2 Å². The zero-order valence-electron chi connectivity index (χ0n) is 10.8. The highest BCUT2D eigenvalue weighted by Crippen LogP contribution is 2.33. The number of fused-ring (bicyclic) bond motifs is 1. The number of carboxylic acids is 1. The number of carboxylic acid groups (broad SMARTS) is 1. The molecule has 0 saturated carbocycles. The van der Waals surface area contributed by atoms with Crippen LogP contribution in [-0.4, -0.2) is 30.4 Å². The molecule has 1 aliphatic rings. The minimum atomic E-state index is -4.77. The molecule has 8 heteroatoms. The van der Waals surface area contributed by atoms with Gasteiger partial charge in [0.2, 0.25) is 0 Å². The second-order valence-electron chi connectivity index (χ2n) is 4.71. The summed E-state index contributed by atoms with van der Waals surface area (Å²) in [4.78, 5) is 10.6. The molecule has 0 bridgehead atoms. The maximum Gasteiger partial charge on any atom is 0.403 e. The Morgan fingerprint density at radius 3 is 2.81 bits per heavy atom. The van der Waals surface area contributed by atoms with Crippen LogP contribution in [0.5, 0.6) is 5.75 Å². The van der Waals surface area contributed by atoms with Crippen LogP contribution in [-0.2, 0) is 17.8 Å². The third kappa shape index (κ3) is 3.88. The molecule has 0 fully saturated rings. The summed E-state index contributed by atoms with van der Waals surface area (Å²) >= 11 is 3.33. The van der Waals surface area contributed by atoms with Crippen LogP contribution in [0.1, 0.15) is 11.1 Å². The summed E-state index contributed by atoms with van der Waals surface area (Å²) in [5, 5.41) is 11.2. The molecule has 0 saturated heterocycles. The number of aliphatic carboxylic acids is 1. The summed E-state index contributed by atoms with van der Waals surface area (Å²) < 4.78 is 43.9. The molecule has 1 aromatic rings. The molecule has 1 atom stereocenters. The van der Waals surface area contributed by atoms with Gasteiger partial charge in [-0.25, -0.2) is 0 Å². The normalized spacial score (nSPS) is 15.4. The van der Waals surface area contributed by atoms with Crippen LogP contribution in [0.3, 0.4) is 0 Å². The molecule has 0 aromatic heterocycles. The van der Waals surface area contributed by atoms with Crippen LogP contribution in [0.25, 0.3) is 0 Å². The van der Waals surface area contributed by atoms with E-state index in [0.29, 0.717) is 17.9 Å². The van der Waals surface area contributed by atoms with E-state index >= 15 is 0 Å². The van der Waals surface area contributed by atoms with Gasteiger partial charge >= 0.3 is 12.1 Å². The van der Waals surface area contributed by atoms with Crippen LogP contribution < -0.4 is 10.1 Å². The lowest BCUT2D eigenvalue weighted by Crippen LogP contribution is -2.38. The molecule has 116 valence electrons. The lowest BCUT2D eigenvalue weighted by atomic mass is 10.1. The van der Waals surface area contributed by atoms with Crippen LogP contribution in [0.4, 0.5) is 13.2 Å². The van der Waals surface area contributed by atoms with Crippen LogP contribution in [0, 0.1) is 5.92 Å². The summed E-state index contributed by atoms with van der Waals surface area (Å²) in [6.07, 6.45) is -4.02. The van der Waals surface area contributed by atoms with Gasteiger partial charge in [-0.1, -0.05) is 15.9 Å². The Kier molecular flexibility index (Phi) is 4.77. The standard InChI is InChI=1S/C13H13BrF3NO3/c14-9-3-7-1-2-21-11(7)8(4-9)5-18-6-10(12(19)20)13(15,16)17/h3-4,10,18H,1-2,5-6H2,(H,19,20). The number of hydrogen-bond donors (Lipinski definition) is 2. The first-order valence-electron chi connectivity index (χ1n) is 6.23. The van der Waals surface area contributed by atoms with Crippen molar-refractivity contribution in [3.05, 3.63) is 27.7 Å². The highest BCUT2D eigenvalue weighted by Gasteiger charge is 2.44. The van der Waals surface area contributed by atoms with E-state index in [1.54, 1.807) is 6.07 Å². The fourth-order valence-electron chi connectivity index (χ4n) is 2.17. The van der Waals surface area contributed by atoms with Gasteiger partial charge in [0.25, 0.3) is 0 Å². The molecule has 2 N–H and O–H groups in total. The smallest absolute Gasteiger partial charge is 0.403 e. The second-order valence-corrected chi connectivity index (χ2v) is 5.63. The summed E-state index contributed by atoms with van der Waals surface area (Å²) in [6.45, 7) is -0.0269.